The fourth-order valence-corrected chi connectivity index (χ4v) is 3.85. The zero-order valence-corrected chi connectivity index (χ0v) is 19.9. The third-order valence-corrected chi connectivity index (χ3v) is 5.75. The molecule has 178 valence electrons. The molecule has 1 aliphatic rings. The van der Waals surface area contributed by atoms with Gasteiger partial charge in [0.15, 0.2) is 0 Å². The lowest BCUT2D eigenvalue weighted by Gasteiger charge is -2.36. The Hall–Kier alpha value is -3.56. The maximum absolute atomic E-state index is 12.5. The van der Waals surface area contributed by atoms with E-state index in [1.165, 1.54) is 12.4 Å². The van der Waals surface area contributed by atoms with Gasteiger partial charge in [-0.1, -0.05) is 18.5 Å². The summed E-state index contributed by atoms with van der Waals surface area (Å²) in [5.74, 6) is 1.62. The average molecular weight is 483 g/mol. The molecule has 10 heteroatoms. The second kappa shape index (κ2) is 11.0. The number of piperazine rings is 1. The molecule has 0 unspecified atom stereocenters. The van der Waals surface area contributed by atoms with Crippen molar-refractivity contribution in [3.63, 3.8) is 0 Å². The quantitative estimate of drug-likeness (QED) is 0.471. The molecule has 2 aromatic carbocycles. The lowest BCUT2D eigenvalue weighted by atomic mass is 10.2. The van der Waals surface area contributed by atoms with Crippen LogP contribution in [0.5, 0.6) is 17.4 Å². The number of anilines is 3. The number of halogens is 1. The highest BCUT2D eigenvalue weighted by Gasteiger charge is 2.19. The third kappa shape index (κ3) is 6.06. The number of urea groups is 1. The van der Waals surface area contributed by atoms with Crippen molar-refractivity contribution in [3.8, 4) is 17.4 Å². The topological polar surface area (TPSA) is 91.9 Å². The van der Waals surface area contributed by atoms with E-state index in [1.54, 1.807) is 31.4 Å². The van der Waals surface area contributed by atoms with Crippen molar-refractivity contribution in [2.75, 3.05) is 55.4 Å². The Balaban J connectivity index is 1.34. The molecule has 0 saturated carbocycles. The van der Waals surface area contributed by atoms with Crippen LogP contribution >= 0.6 is 11.6 Å². The minimum atomic E-state index is -0.359. The molecule has 1 aromatic heterocycles. The van der Waals surface area contributed by atoms with Crippen LogP contribution < -0.4 is 25.0 Å². The number of nitrogens with zero attached hydrogens (tertiary/aromatic N) is 4. The standard InChI is InChI=1S/C24H27ClN6O3/c1-3-30-10-12-31(13-11-30)20-9-6-18(14-21(20)33-2)29-24(32)28-17-4-7-19(8-5-17)34-23-15-22(25)26-16-27-23/h4-9,14-16H,3,10-13H2,1-2H3,(H2,28,29,32). The van der Waals surface area contributed by atoms with E-state index in [0.717, 1.165) is 44.2 Å². The fraction of sp³-hybridized carbons (Fsp3) is 0.292. The summed E-state index contributed by atoms with van der Waals surface area (Å²) in [5, 5.41) is 5.96. The molecule has 0 radical (unpaired) electrons. The molecular weight excluding hydrogens is 456 g/mol. The summed E-state index contributed by atoms with van der Waals surface area (Å²) >= 11 is 5.84. The van der Waals surface area contributed by atoms with Gasteiger partial charge in [0, 0.05) is 49.7 Å². The average Bonchev–Trinajstić information content (AvgIpc) is 2.85. The van der Waals surface area contributed by atoms with Crippen molar-refractivity contribution in [3.05, 3.63) is 60.0 Å². The minimum Gasteiger partial charge on any atom is -0.495 e. The lowest BCUT2D eigenvalue weighted by molar-refractivity contribution is 0.262. The first-order valence-electron chi connectivity index (χ1n) is 11.0. The van der Waals surface area contributed by atoms with Gasteiger partial charge in [0.25, 0.3) is 0 Å². The van der Waals surface area contributed by atoms with Gasteiger partial charge in [0.05, 0.1) is 12.8 Å². The molecule has 1 aliphatic heterocycles. The molecule has 9 nitrogen and oxygen atoms in total. The molecule has 0 aliphatic carbocycles. The molecule has 2 heterocycles. The zero-order chi connectivity index (χ0) is 23.9. The number of hydrogen-bond acceptors (Lipinski definition) is 7. The first kappa shape index (κ1) is 23.6. The summed E-state index contributed by atoms with van der Waals surface area (Å²) in [6.07, 6.45) is 1.33. The molecular formula is C24H27ClN6O3. The van der Waals surface area contributed by atoms with Gasteiger partial charge in [-0.25, -0.2) is 14.8 Å². The first-order chi connectivity index (χ1) is 16.5. The van der Waals surface area contributed by atoms with Crippen LogP contribution in [0.25, 0.3) is 0 Å². The van der Waals surface area contributed by atoms with E-state index in [9.17, 15) is 4.79 Å². The van der Waals surface area contributed by atoms with Crippen molar-refractivity contribution >= 4 is 34.7 Å². The largest absolute Gasteiger partial charge is 0.495 e. The van der Waals surface area contributed by atoms with Gasteiger partial charge in [-0.3, -0.25) is 0 Å². The van der Waals surface area contributed by atoms with Crippen molar-refractivity contribution in [2.45, 2.75) is 6.92 Å². The molecule has 4 rings (SSSR count). The SMILES string of the molecule is CCN1CCN(c2ccc(NC(=O)Nc3ccc(Oc4cc(Cl)ncn4)cc3)cc2OC)CC1. The lowest BCUT2D eigenvalue weighted by Crippen LogP contribution is -2.46. The molecule has 2 amide bonds. The number of carbonyl (C=O) groups excluding carboxylic acids is 1. The van der Waals surface area contributed by atoms with E-state index in [1.807, 2.05) is 18.2 Å². The molecule has 0 atom stereocenters. The number of aromatic nitrogens is 2. The number of likely N-dealkylation sites (N-methyl/N-ethyl adjacent to an activating group) is 1. The number of benzene rings is 2. The Labute approximate surface area is 203 Å². The van der Waals surface area contributed by atoms with E-state index in [0.29, 0.717) is 28.2 Å². The molecule has 34 heavy (non-hydrogen) atoms. The number of nitrogens with one attached hydrogen (secondary N) is 2. The predicted octanol–water partition coefficient (Wildman–Crippen LogP) is 4.72. The fourth-order valence-electron chi connectivity index (χ4n) is 3.72. The van der Waals surface area contributed by atoms with Crippen LogP contribution in [0.15, 0.2) is 54.9 Å². The smallest absolute Gasteiger partial charge is 0.323 e. The molecule has 1 saturated heterocycles. The van der Waals surface area contributed by atoms with E-state index in [2.05, 4.69) is 37.3 Å². The van der Waals surface area contributed by atoms with E-state index < -0.39 is 0 Å². The van der Waals surface area contributed by atoms with Crippen LogP contribution in [0.2, 0.25) is 5.15 Å². The number of ether oxygens (including phenoxy) is 2. The van der Waals surface area contributed by atoms with Crippen molar-refractivity contribution < 1.29 is 14.3 Å². The Bertz CT molecular complexity index is 1120. The summed E-state index contributed by atoms with van der Waals surface area (Å²) < 4.78 is 11.2. The van der Waals surface area contributed by atoms with Crippen LogP contribution in [-0.2, 0) is 0 Å². The van der Waals surface area contributed by atoms with Gasteiger partial charge in [0.1, 0.15) is 23.0 Å². The normalized spacial score (nSPS) is 13.9. The molecule has 0 bridgehead atoms. The summed E-state index contributed by atoms with van der Waals surface area (Å²) in [7, 11) is 1.64. The van der Waals surface area contributed by atoms with Gasteiger partial charge < -0.3 is 29.9 Å². The van der Waals surface area contributed by atoms with Gasteiger partial charge >= 0.3 is 6.03 Å². The number of rotatable bonds is 7. The second-order valence-corrected chi connectivity index (χ2v) is 8.08. The number of amides is 2. The van der Waals surface area contributed by atoms with E-state index >= 15 is 0 Å². The summed E-state index contributed by atoms with van der Waals surface area (Å²) in [6.45, 7) is 7.19. The highest BCUT2D eigenvalue weighted by Crippen LogP contribution is 2.32. The number of carbonyl (C=O) groups is 1. The third-order valence-electron chi connectivity index (χ3n) is 5.54. The minimum absolute atomic E-state index is 0.295. The van der Waals surface area contributed by atoms with Crippen molar-refractivity contribution in [1.82, 2.24) is 14.9 Å². The van der Waals surface area contributed by atoms with Crippen molar-refractivity contribution in [1.29, 1.82) is 0 Å². The van der Waals surface area contributed by atoms with Gasteiger partial charge in [-0.05, 0) is 42.9 Å². The predicted molar refractivity (Wildman–Crippen MR) is 134 cm³/mol. The number of hydrogen-bond donors (Lipinski definition) is 2. The van der Waals surface area contributed by atoms with Gasteiger partial charge in [-0.2, -0.15) is 0 Å². The maximum atomic E-state index is 12.5. The Morgan fingerprint density at radius 2 is 1.71 bits per heavy atom. The zero-order valence-electron chi connectivity index (χ0n) is 19.1. The first-order valence-corrected chi connectivity index (χ1v) is 11.4. The molecule has 3 aromatic rings. The van der Waals surface area contributed by atoms with Gasteiger partial charge in [0.2, 0.25) is 5.88 Å². The monoisotopic (exact) mass is 482 g/mol. The van der Waals surface area contributed by atoms with E-state index in [4.69, 9.17) is 21.1 Å². The maximum Gasteiger partial charge on any atom is 0.323 e. The summed E-state index contributed by atoms with van der Waals surface area (Å²) in [6, 6.07) is 13.8. The van der Waals surface area contributed by atoms with Crippen LogP contribution in [0.1, 0.15) is 6.92 Å². The molecule has 2 N–H and O–H groups in total. The summed E-state index contributed by atoms with van der Waals surface area (Å²) in [5.41, 5.74) is 2.29. The highest BCUT2D eigenvalue weighted by atomic mass is 35.5. The molecule has 0 spiro atoms. The molecule has 1 fully saturated rings. The highest BCUT2D eigenvalue weighted by molar-refractivity contribution is 6.29. The summed E-state index contributed by atoms with van der Waals surface area (Å²) in [4.78, 5) is 25.1. The van der Waals surface area contributed by atoms with Crippen LogP contribution in [0.4, 0.5) is 21.9 Å². The van der Waals surface area contributed by atoms with Crippen LogP contribution in [0.3, 0.4) is 0 Å². The van der Waals surface area contributed by atoms with E-state index in [-0.39, 0.29) is 6.03 Å². The Kier molecular flexibility index (Phi) is 7.66. The van der Waals surface area contributed by atoms with Gasteiger partial charge in [-0.15, -0.1) is 0 Å². The Morgan fingerprint density at radius 1 is 1.00 bits per heavy atom. The van der Waals surface area contributed by atoms with Crippen LogP contribution in [0, 0.1) is 0 Å². The Morgan fingerprint density at radius 3 is 2.38 bits per heavy atom. The second-order valence-electron chi connectivity index (χ2n) is 7.69. The number of methoxy groups -OCH3 is 1. The van der Waals surface area contributed by atoms with Crippen molar-refractivity contribution in [2.24, 2.45) is 0 Å². The van der Waals surface area contributed by atoms with Crippen LogP contribution in [-0.4, -0.2) is 60.7 Å².